The highest BCUT2D eigenvalue weighted by Gasteiger charge is 2.61. The molecule has 4 aliphatic carbocycles. The second-order valence-electron chi connectivity index (χ2n) is 12.9. The fourth-order valence-electron chi connectivity index (χ4n) is 8.73. The zero-order valence-corrected chi connectivity index (χ0v) is 22.0. The first kappa shape index (κ1) is 27.6. The Kier molecular flexibility index (Phi) is 8.57. The van der Waals surface area contributed by atoms with E-state index >= 15 is 0 Å². The number of carboxylic acid groups (broad SMARTS) is 1. The van der Waals surface area contributed by atoms with Gasteiger partial charge in [-0.05, 0) is 126 Å². The first-order chi connectivity index (χ1) is 15.9. The van der Waals surface area contributed by atoms with E-state index in [0.29, 0.717) is 36.0 Å². The number of carboxylic acids is 1. The van der Waals surface area contributed by atoms with Gasteiger partial charge < -0.3 is 21.7 Å². The monoisotopic (exact) mass is 478 g/mol. The van der Waals surface area contributed by atoms with E-state index in [4.69, 9.17) is 16.6 Å². The molecule has 0 heterocycles. The summed E-state index contributed by atoms with van der Waals surface area (Å²) < 4.78 is 0. The molecule has 0 radical (unpaired) electrons. The lowest BCUT2D eigenvalue weighted by atomic mass is 9.44. The fraction of sp³-hybridized carbons (Fsp3) is 0.929. The molecule has 0 amide bonds. The molecule has 4 aliphatic rings. The Morgan fingerprint density at radius 3 is 2.24 bits per heavy atom. The maximum atomic E-state index is 12.2. The Balaban J connectivity index is 0.000000277. The Labute approximate surface area is 206 Å². The summed E-state index contributed by atoms with van der Waals surface area (Å²) in [5.41, 5.74) is 10.7. The van der Waals surface area contributed by atoms with E-state index in [1.165, 1.54) is 38.5 Å². The van der Waals surface area contributed by atoms with Crippen molar-refractivity contribution < 1.29 is 19.8 Å². The van der Waals surface area contributed by atoms with Gasteiger partial charge in [0.25, 0.3) is 0 Å². The second kappa shape index (κ2) is 10.6. The van der Waals surface area contributed by atoms with E-state index in [1.807, 2.05) is 13.8 Å². The van der Waals surface area contributed by atoms with Crippen LogP contribution in [0, 0.1) is 40.4 Å². The number of aliphatic carboxylic acids is 1. The number of unbranched alkanes of at least 4 members (excludes halogenated alkanes) is 1. The van der Waals surface area contributed by atoms with E-state index in [-0.39, 0.29) is 5.41 Å². The molecular formula is C28H50N2O4. The minimum atomic E-state index is -0.933. The van der Waals surface area contributed by atoms with Crippen LogP contribution >= 0.6 is 0 Å². The number of hydrogen-bond acceptors (Lipinski definition) is 5. The molecule has 6 nitrogen and oxygen atoms in total. The number of carbonyl (C=O) groups excluding carboxylic acids is 1. The molecule has 34 heavy (non-hydrogen) atoms. The smallest absolute Gasteiger partial charge is 0.320 e. The molecule has 0 spiro atoms. The lowest BCUT2D eigenvalue weighted by Crippen LogP contribution is -2.55. The molecule has 0 saturated heterocycles. The van der Waals surface area contributed by atoms with Gasteiger partial charge in [0.05, 0.1) is 5.60 Å². The lowest BCUT2D eigenvalue weighted by molar-refractivity contribution is -0.150. The lowest BCUT2D eigenvalue weighted by Gasteiger charge is -2.61. The van der Waals surface area contributed by atoms with Crippen molar-refractivity contribution >= 4 is 11.8 Å². The highest BCUT2D eigenvalue weighted by Crippen LogP contribution is 2.68. The molecule has 0 aromatic carbocycles. The van der Waals surface area contributed by atoms with Crippen LogP contribution in [0.3, 0.4) is 0 Å². The summed E-state index contributed by atoms with van der Waals surface area (Å²) in [6, 6.07) is -0.716. The van der Waals surface area contributed by atoms with Gasteiger partial charge in [-0.2, -0.15) is 0 Å². The molecule has 6 heteroatoms. The van der Waals surface area contributed by atoms with Gasteiger partial charge in [-0.15, -0.1) is 0 Å². The third-order valence-corrected chi connectivity index (χ3v) is 10.7. The molecule has 1 unspecified atom stereocenters. The molecule has 9 atom stereocenters. The van der Waals surface area contributed by atoms with Gasteiger partial charge in [-0.25, -0.2) is 0 Å². The highest BCUT2D eigenvalue weighted by atomic mass is 16.4. The largest absolute Gasteiger partial charge is 0.480 e. The second-order valence-corrected chi connectivity index (χ2v) is 12.9. The van der Waals surface area contributed by atoms with E-state index in [0.717, 1.165) is 49.9 Å². The Hall–Kier alpha value is -0.980. The number of nitrogens with two attached hydrogens (primary N) is 2. The number of aliphatic hydroxyl groups is 1. The van der Waals surface area contributed by atoms with Gasteiger partial charge in [-0.1, -0.05) is 20.3 Å². The van der Waals surface area contributed by atoms with Crippen molar-refractivity contribution in [1.29, 1.82) is 0 Å². The van der Waals surface area contributed by atoms with Gasteiger partial charge in [-0.3, -0.25) is 9.59 Å². The van der Waals surface area contributed by atoms with E-state index in [9.17, 15) is 14.7 Å². The maximum absolute atomic E-state index is 12.2. The summed E-state index contributed by atoms with van der Waals surface area (Å²) in [6.45, 7) is 9.46. The van der Waals surface area contributed by atoms with Crippen molar-refractivity contribution in [2.45, 2.75) is 116 Å². The molecule has 196 valence electrons. The number of hydrogen-bond donors (Lipinski definition) is 4. The number of fused-ring (bicyclic) bond motifs is 5. The zero-order chi connectivity index (χ0) is 25.3. The Bertz CT molecular complexity index is 740. The average molecular weight is 479 g/mol. The fourth-order valence-corrected chi connectivity index (χ4v) is 8.73. The molecule has 4 saturated carbocycles. The maximum Gasteiger partial charge on any atom is 0.320 e. The minimum Gasteiger partial charge on any atom is -0.480 e. The molecule has 0 aliphatic heterocycles. The summed E-state index contributed by atoms with van der Waals surface area (Å²) in [7, 11) is 0. The molecule has 4 rings (SSSR count). The molecular weight excluding hydrogens is 428 g/mol. The van der Waals surface area contributed by atoms with Crippen LogP contribution in [0.15, 0.2) is 0 Å². The minimum absolute atomic E-state index is 0.274. The normalized spacial score (nSPS) is 44.0. The van der Waals surface area contributed by atoms with E-state index in [2.05, 4.69) is 13.8 Å². The SMILES string of the molecule is CC(=O)[C@H]1CC[C@H]2[C@@H]3CC[C@H]4C[C@](C)(O)CC[C@]4(C)[C@H]3CC[C@]12C.NCCCCC(N)C(=O)O. The Morgan fingerprint density at radius 2 is 1.62 bits per heavy atom. The predicted molar refractivity (Wildman–Crippen MR) is 135 cm³/mol. The summed E-state index contributed by atoms with van der Waals surface area (Å²) in [4.78, 5) is 22.3. The van der Waals surface area contributed by atoms with Crippen LogP contribution in [0.5, 0.6) is 0 Å². The molecule has 6 N–H and O–H groups in total. The first-order valence-corrected chi connectivity index (χ1v) is 13.8. The summed E-state index contributed by atoms with van der Waals surface area (Å²) in [5.74, 6) is 2.96. The predicted octanol–water partition coefficient (Wildman–Crippen LogP) is 4.51. The summed E-state index contributed by atoms with van der Waals surface area (Å²) in [5, 5.41) is 18.9. The topological polar surface area (TPSA) is 127 Å². The van der Waals surface area contributed by atoms with Crippen molar-refractivity contribution in [2.75, 3.05) is 6.54 Å². The highest BCUT2D eigenvalue weighted by molar-refractivity contribution is 5.79. The summed E-state index contributed by atoms with van der Waals surface area (Å²) in [6.07, 6.45) is 13.0. The number of ketones is 1. The summed E-state index contributed by atoms with van der Waals surface area (Å²) >= 11 is 0. The molecule has 0 aromatic heterocycles. The molecule has 4 fully saturated rings. The first-order valence-electron chi connectivity index (χ1n) is 13.8. The van der Waals surface area contributed by atoms with Gasteiger partial charge in [0.2, 0.25) is 0 Å². The van der Waals surface area contributed by atoms with Crippen LogP contribution in [0.25, 0.3) is 0 Å². The van der Waals surface area contributed by atoms with Crippen molar-refractivity contribution in [3.8, 4) is 0 Å². The number of rotatable bonds is 6. The standard InChI is InChI=1S/C22H36O2.C6H14N2O2/c1-14(23)17-7-8-18-16-6-5-15-13-20(2,24)11-12-21(15,3)19(16)9-10-22(17,18)4;7-4-2-1-3-5(8)6(9)10/h15-19,24H,5-13H2,1-4H3;5H,1-4,7-8H2,(H,9,10)/t15-,16-,17+,18-,19-,20+,21-,22+;/m0./s1. The Morgan fingerprint density at radius 1 is 0.941 bits per heavy atom. The zero-order valence-electron chi connectivity index (χ0n) is 22.0. The van der Waals surface area contributed by atoms with Crippen LogP contribution < -0.4 is 11.5 Å². The third kappa shape index (κ3) is 5.39. The van der Waals surface area contributed by atoms with Crippen molar-refractivity contribution in [2.24, 2.45) is 51.9 Å². The number of Topliss-reactive ketones (excluding diaryl/α,β-unsaturated/α-hetero) is 1. The molecule has 0 bridgehead atoms. The average Bonchev–Trinajstić information content (AvgIpc) is 3.12. The van der Waals surface area contributed by atoms with Gasteiger partial charge >= 0.3 is 5.97 Å². The van der Waals surface area contributed by atoms with Crippen molar-refractivity contribution in [3.63, 3.8) is 0 Å². The van der Waals surface area contributed by atoms with Crippen molar-refractivity contribution in [1.82, 2.24) is 0 Å². The van der Waals surface area contributed by atoms with Gasteiger partial charge in [0.1, 0.15) is 11.8 Å². The van der Waals surface area contributed by atoms with Crippen LogP contribution in [0.2, 0.25) is 0 Å². The van der Waals surface area contributed by atoms with Gasteiger partial charge in [0, 0.05) is 5.92 Å². The van der Waals surface area contributed by atoms with Crippen LogP contribution in [-0.4, -0.2) is 40.2 Å². The van der Waals surface area contributed by atoms with E-state index in [1.54, 1.807) is 0 Å². The molecule has 0 aromatic rings. The number of carbonyl (C=O) groups is 2. The third-order valence-electron chi connectivity index (χ3n) is 10.7. The van der Waals surface area contributed by atoms with Crippen molar-refractivity contribution in [3.05, 3.63) is 0 Å². The quantitative estimate of drug-likeness (QED) is 0.416. The van der Waals surface area contributed by atoms with Crippen LogP contribution in [-0.2, 0) is 9.59 Å². The van der Waals surface area contributed by atoms with Gasteiger partial charge in [0.15, 0.2) is 0 Å². The van der Waals surface area contributed by atoms with E-state index < -0.39 is 17.6 Å². The van der Waals surface area contributed by atoms with Crippen LogP contribution in [0.1, 0.15) is 105 Å². The van der Waals surface area contributed by atoms with Crippen LogP contribution in [0.4, 0.5) is 0 Å².